The summed E-state index contributed by atoms with van der Waals surface area (Å²) in [5.41, 5.74) is 0.210. The van der Waals surface area contributed by atoms with Gasteiger partial charge in [0.15, 0.2) is 0 Å². The van der Waals surface area contributed by atoms with E-state index in [9.17, 15) is 15.0 Å². The normalized spacial score (nSPS) is 27.2. The second-order valence-corrected chi connectivity index (χ2v) is 10.6. The van der Waals surface area contributed by atoms with Gasteiger partial charge in [-0.05, 0) is 68.0 Å². The highest BCUT2D eigenvalue weighted by Gasteiger charge is 2.58. The Morgan fingerprint density at radius 1 is 1.21 bits per heavy atom. The molecule has 2 N–H and O–H groups in total. The van der Waals surface area contributed by atoms with Gasteiger partial charge in [-0.25, -0.2) is 0 Å². The van der Waals surface area contributed by atoms with Gasteiger partial charge in [0.05, 0.1) is 5.60 Å². The monoisotopic (exact) mass is 462 g/mol. The molecule has 5 nitrogen and oxygen atoms in total. The Bertz CT molecular complexity index is 1010. The number of rotatable bonds is 7. The number of amides is 1. The zero-order valence-electron chi connectivity index (χ0n) is 20.5. The van der Waals surface area contributed by atoms with Crippen LogP contribution in [0.1, 0.15) is 55.5 Å². The van der Waals surface area contributed by atoms with Gasteiger partial charge in [0.2, 0.25) is 0 Å². The third-order valence-electron chi connectivity index (χ3n) is 7.78. The first-order valence-electron chi connectivity index (χ1n) is 12.5. The van der Waals surface area contributed by atoms with E-state index in [0.29, 0.717) is 37.4 Å². The van der Waals surface area contributed by atoms with Gasteiger partial charge >= 0.3 is 0 Å². The summed E-state index contributed by atoms with van der Waals surface area (Å²) in [7, 11) is 0. The highest BCUT2D eigenvalue weighted by molar-refractivity contribution is 5.94. The zero-order valence-corrected chi connectivity index (χ0v) is 20.5. The number of carbonyl (C=O) groups excluding carboxylic acids is 1. The molecule has 2 unspecified atom stereocenters. The number of nitrogens with zero attached hydrogens (tertiary/aromatic N) is 2. The summed E-state index contributed by atoms with van der Waals surface area (Å²) in [6, 6.07) is 16.9. The minimum Gasteiger partial charge on any atom is -0.508 e. The Hall–Kier alpha value is -2.63. The number of aromatic hydroxyl groups is 1. The fourth-order valence-corrected chi connectivity index (χ4v) is 6.18. The molecule has 1 aliphatic carbocycles. The maximum Gasteiger partial charge on any atom is 0.254 e. The molecule has 2 aromatic carbocycles. The summed E-state index contributed by atoms with van der Waals surface area (Å²) in [6.45, 7) is 11.0. The Balaban J connectivity index is 1.73. The van der Waals surface area contributed by atoms with Crippen LogP contribution in [0.25, 0.3) is 0 Å². The van der Waals surface area contributed by atoms with Gasteiger partial charge in [-0.2, -0.15) is 0 Å². The predicted molar refractivity (Wildman–Crippen MR) is 136 cm³/mol. The topological polar surface area (TPSA) is 64.0 Å². The average Bonchev–Trinajstić information content (AvgIpc) is 2.82. The van der Waals surface area contributed by atoms with Crippen LogP contribution >= 0.6 is 0 Å². The van der Waals surface area contributed by atoms with Crippen molar-refractivity contribution in [3.05, 3.63) is 78.4 Å². The maximum absolute atomic E-state index is 13.7. The van der Waals surface area contributed by atoms with Gasteiger partial charge in [-0.3, -0.25) is 9.69 Å². The number of hydrogen-bond donors (Lipinski definition) is 2. The van der Waals surface area contributed by atoms with Crippen LogP contribution in [0.4, 0.5) is 0 Å². The Labute approximate surface area is 203 Å². The molecule has 5 heteroatoms. The summed E-state index contributed by atoms with van der Waals surface area (Å²) < 4.78 is 0. The molecule has 2 aromatic rings. The zero-order chi connectivity index (χ0) is 24.3. The second-order valence-electron chi connectivity index (χ2n) is 10.6. The van der Waals surface area contributed by atoms with Crippen LogP contribution in [0.2, 0.25) is 0 Å². The number of benzene rings is 2. The largest absolute Gasteiger partial charge is 0.508 e. The summed E-state index contributed by atoms with van der Waals surface area (Å²) in [4.78, 5) is 18.0. The molecule has 1 aliphatic heterocycles. The summed E-state index contributed by atoms with van der Waals surface area (Å²) in [5, 5.41) is 22.5. The fraction of sp³-hybridized carbons (Fsp3) is 0.483. The number of likely N-dealkylation sites (tertiary alicyclic amines) is 1. The van der Waals surface area contributed by atoms with E-state index in [0.717, 1.165) is 31.5 Å². The number of hydrogen-bond acceptors (Lipinski definition) is 4. The number of β-amino-alcohol motifs (C(OH)–C–C–N with tert-alkyl or cyclic N) is 1. The number of phenols is 1. The Morgan fingerprint density at radius 3 is 2.65 bits per heavy atom. The molecule has 2 fully saturated rings. The van der Waals surface area contributed by atoms with E-state index in [1.807, 2.05) is 59.5 Å². The van der Waals surface area contributed by atoms with Crippen molar-refractivity contribution >= 4 is 5.91 Å². The molecular formula is C29H38N2O3. The van der Waals surface area contributed by atoms with E-state index >= 15 is 0 Å². The lowest BCUT2D eigenvalue weighted by Gasteiger charge is -2.59. The van der Waals surface area contributed by atoms with Crippen LogP contribution in [-0.2, 0) is 5.41 Å². The van der Waals surface area contributed by atoms with Crippen molar-refractivity contribution in [1.29, 1.82) is 0 Å². The SMILES string of the molecule is C=CCN1CCC2(c3cccc(O)c3)C[C@@H](N(CC(C)C)C(=O)c3ccccc3)CCC2(O)C1. The van der Waals surface area contributed by atoms with Gasteiger partial charge in [0.1, 0.15) is 5.75 Å². The Morgan fingerprint density at radius 2 is 1.97 bits per heavy atom. The first-order chi connectivity index (χ1) is 16.3. The third-order valence-corrected chi connectivity index (χ3v) is 7.78. The van der Waals surface area contributed by atoms with E-state index in [2.05, 4.69) is 25.3 Å². The van der Waals surface area contributed by atoms with Crippen molar-refractivity contribution in [2.75, 3.05) is 26.2 Å². The smallest absolute Gasteiger partial charge is 0.254 e. The third kappa shape index (κ3) is 4.64. The van der Waals surface area contributed by atoms with E-state index < -0.39 is 11.0 Å². The molecule has 0 bridgehead atoms. The molecule has 1 saturated heterocycles. The first-order valence-corrected chi connectivity index (χ1v) is 12.5. The standard InChI is InChI=1S/C29H38N2O3/c1-4-16-30-17-15-28(24-11-8-12-26(32)18-24)19-25(13-14-29(28,34)21-30)31(20-22(2)3)27(33)23-9-6-5-7-10-23/h4-12,18,22,25,32,34H,1,13-17,19-21H2,2-3H3/t25-,28?,29?/m0/s1. The average molecular weight is 463 g/mol. The summed E-state index contributed by atoms with van der Waals surface area (Å²) in [5.74, 6) is 0.601. The predicted octanol–water partition coefficient (Wildman–Crippen LogP) is 4.60. The van der Waals surface area contributed by atoms with Crippen molar-refractivity contribution in [2.45, 2.75) is 56.6 Å². The molecule has 2 aliphatic rings. The number of phenolic OH excluding ortho intramolecular Hbond substituents is 1. The van der Waals surface area contributed by atoms with Gasteiger partial charge in [0.25, 0.3) is 5.91 Å². The maximum atomic E-state index is 13.7. The van der Waals surface area contributed by atoms with Crippen LogP contribution in [0.3, 0.4) is 0 Å². The van der Waals surface area contributed by atoms with Gasteiger partial charge in [-0.1, -0.05) is 50.3 Å². The van der Waals surface area contributed by atoms with Crippen LogP contribution in [0.5, 0.6) is 5.75 Å². The van der Waals surface area contributed by atoms with Crippen LogP contribution < -0.4 is 0 Å². The molecule has 0 spiro atoms. The molecule has 1 heterocycles. The molecule has 34 heavy (non-hydrogen) atoms. The van der Waals surface area contributed by atoms with E-state index in [4.69, 9.17) is 0 Å². The minimum atomic E-state index is -0.933. The second kappa shape index (κ2) is 9.93. The van der Waals surface area contributed by atoms with E-state index in [1.165, 1.54) is 0 Å². The van der Waals surface area contributed by atoms with Crippen LogP contribution in [0.15, 0.2) is 67.3 Å². The number of aliphatic hydroxyl groups is 1. The molecule has 1 saturated carbocycles. The van der Waals surface area contributed by atoms with E-state index in [-0.39, 0.29) is 17.7 Å². The van der Waals surface area contributed by atoms with Crippen LogP contribution in [0, 0.1) is 5.92 Å². The lowest BCUT2D eigenvalue weighted by atomic mass is 9.55. The summed E-state index contributed by atoms with van der Waals surface area (Å²) in [6.07, 6.45) is 4.70. The molecule has 0 aromatic heterocycles. The molecule has 182 valence electrons. The number of fused-ring (bicyclic) bond motifs is 1. The number of carbonyl (C=O) groups is 1. The molecule has 4 rings (SSSR count). The lowest BCUT2D eigenvalue weighted by Crippen LogP contribution is -2.67. The van der Waals surface area contributed by atoms with E-state index in [1.54, 1.807) is 6.07 Å². The molecule has 1 amide bonds. The van der Waals surface area contributed by atoms with Crippen LogP contribution in [-0.4, -0.2) is 63.7 Å². The Kier molecular flexibility index (Phi) is 7.15. The van der Waals surface area contributed by atoms with Gasteiger partial charge < -0.3 is 15.1 Å². The lowest BCUT2D eigenvalue weighted by molar-refractivity contribution is -0.131. The van der Waals surface area contributed by atoms with Crippen molar-refractivity contribution in [2.24, 2.45) is 5.92 Å². The van der Waals surface area contributed by atoms with Crippen molar-refractivity contribution in [1.82, 2.24) is 9.80 Å². The van der Waals surface area contributed by atoms with Crippen molar-refractivity contribution in [3.8, 4) is 5.75 Å². The number of piperidine rings is 1. The van der Waals surface area contributed by atoms with Gasteiger partial charge in [0, 0.05) is 36.7 Å². The minimum absolute atomic E-state index is 0.0173. The highest BCUT2D eigenvalue weighted by atomic mass is 16.3. The molecule has 3 atom stereocenters. The van der Waals surface area contributed by atoms with Crippen molar-refractivity contribution in [3.63, 3.8) is 0 Å². The first kappa shape index (κ1) is 24.5. The summed E-state index contributed by atoms with van der Waals surface area (Å²) >= 11 is 0. The quantitative estimate of drug-likeness (QED) is 0.590. The highest BCUT2D eigenvalue weighted by Crippen LogP contribution is 2.53. The molecular weight excluding hydrogens is 424 g/mol. The molecule has 0 radical (unpaired) electrons. The van der Waals surface area contributed by atoms with Gasteiger partial charge in [-0.15, -0.1) is 6.58 Å². The van der Waals surface area contributed by atoms with Crippen molar-refractivity contribution < 1.29 is 15.0 Å². The fourth-order valence-electron chi connectivity index (χ4n) is 6.18.